The fraction of sp³-hybridized carbons (Fsp3) is 0.0769. The zero-order valence-corrected chi connectivity index (χ0v) is 11.0. The van der Waals surface area contributed by atoms with Crippen LogP contribution in [-0.4, -0.2) is 9.97 Å². The van der Waals surface area contributed by atoms with Crippen LogP contribution in [0.15, 0.2) is 30.6 Å². The first-order chi connectivity index (χ1) is 8.65. The van der Waals surface area contributed by atoms with Crippen LogP contribution in [0.25, 0.3) is 20.7 Å². The van der Waals surface area contributed by atoms with Gasteiger partial charge in [0, 0.05) is 4.88 Å². The highest BCUT2D eigenvalue weighted by Gasteiger charge is 2.09. The minimum absolute atomic E-state index is 0.197. The van der Waals surface area contributed by atoms with E-state index in [-0.39, 0.29) is 5.82 Å². The summed E-state index contributed by atoms with van der Waals surface area (Å²) >= 11 is 7.53. The third-order valence-corrected chi connectivity index (χ3v) is 4.29. The number of fused-ring (bicyclic) bond motifs is 1. The summed E-state index contributed by atoms with van der Waals surface area (Å²) in [5.41, 5.74) is 2.41. The Morgan fingerprint density at radius 2 is 2.06 bits per heavy atom. The lowest BCUT2D eigenvalue weighted by Crippen LogP contribution is -1.81. The number of halogens is 2. The summed E-state index contributed by atoms with van der Waals surface area (Å²) in [7, 11) is 0. The topological polar surface area (TPSA) is 25.8 Å². The Morgan fingerprint density at radius 1 is 1.22 bits per heavy atom. The van der Waals surface area contributed by atoms with Gasteiger partial charge in [0.1, 0.15) is 17.3 Å². The molecule has 0 aliphatic heterocycles. The molecule has 0 fully saturated rings. The summed E-state index contributed by atoms with van der Waals surface area (Å²) in [5.74, 6) is -0.197. The molecule has 0 unspecified atom stereocenters. The molecule has 2 heterocycles. The molecule has 18 heavy (non-hydrogen) atoms. The number of aryl methyl sites for hydroxylation is 1. The number of nitrogens with zero attached hydrogens (tertiary/aromatic N) is 2. The van der Waals surface area contributed by atoms with Crippen molar-refractivity contribution in [2.45, 2.75) is 6.92 Å². The highest BCUT2D eigenvalue weighted by Crippen LogP contribution is 2.35. The Hall–Kier alpha value is -1.52. The zero-order valence-electron chi connectivity index (χ0n) is 9.45. The number of hydrogen-bond donors (Lipinski definition) is 0. The van der Waals surface area contributed by atoms with Crippen molar-refractivity contribution >= 4 is 33.2 Å². The Bertz CT molecular complexity index is 739. The number of thiophene rings is 1. The van der Waals surface area contributed by atoms with Gasteiger partial charge in [-0.3, -0.25) is 0 Å². The van der Waals surface area contributed by atoms with Crippen molar-refractivity contribution in [3.63, 3.8) is 0 Å². The Labute approximate surface area is 112 Å². The predicted octanol–water partition coefficient (Wildman–Crippen LogP) is 4.46. The lowest BCUT2D eigenvalue weighted by Gasteiger charge is -2.00. The lowest BCUT2D eigenvalue weighted by molar-refractivity contribution is 0.619. The number of benzene rings is 1. The number of rotatable bonds is 1. The largest absolute Gasteiger partial charge is 0.235 e. The molecule has 0 radical (unpaired) electrons. The van der Waals surface area contributed by atoms with Gasteiger partial charge in [0.25, 0.3) is 0 Å². The first kappa shape index (κ1) is 11.6. The van der Waals surface area contributed by atoms with E-state index in [9.17, 15) is 4.39 Å². The van der Waals surface area contributed by atoms with E-state index in [1.54, 1.807) is 13.0 Å². The van der Waals surface area contributed by atoms with E-state index >= 15 is 0 Å². The fourth-order valence-electron chi connectivity index (χ4n) is 1.77. The molecule has 0 aliphatic rings. The maximum Gasteiger partial charge on any atom is 0.150 e. The molecule has 0 N–H and O–H groups in total. The molecule has 0 saturated heterocycles. The average molecular weight is 279 g/mol. The second-order valence-corrected chi connectivity index (χ2v) is 5.36. The average Bonchev–Trinajstić information content (AvgIpc) is 2.78. The molecular formula is C13H8ClFN2S. The van der Waals surface area contributed by atoms with E-state index in [4.69, 9.17) is 11.6 Å². The van der Waals surface area contributed by atoms with Gasteiger partial charge in [0.2, 0.25) is 0 Å². The van der Waals surface area contributed by atoms with Crippen molar-refractivity contribution in [1.82, 2.24) is 9.97 Å². The molecule has 0 atom stereocenters. The van der Waals surface area contributed by atoms with Gasteiger partial charge in [-0.15, -0.1) is 11.3 Å². The molecule has 0 amide bonds. The van der Waals surface area contributed by atoms with Gasteiger partial charge in [-0.2, -0.15) is 0 Å². The van der Waals surface area contributed by atoms with Crippen molar-refractivity contribution < 1.29 is 4.39 Å². The van der Waals surface area contributed by atoms with Crippen molar-refractivity contribution in [2.24, 2.45) is 0 Å². The third-order valence-electron chi connectivity index (χ3n) is 2.71. The fourth-order valence-corrected chi connectivity index (χ4v) is 3.01. The second kappa shape index (κ2) is 4.30. The van der Waals surface area contributed by atoms with Crippen molar-refractivity contribution in [2.75, 3.05) is 0 Å². The summed E-state index contributed by atoms with van der Waals surface area (Å²) in [6.45, 7) is 1.75. The molecule has 2 nitrogen and oxygen atoms in total. The van der Waals surface area contributed by atoms with Gasteiger partial charge in [0.15, 0.2) is 0 Å². The second-order valence-electron chi connectivity index (χ2n) is 3.95. The first-order valence-corrected chi connectivity index (χ1v) is 6.51. The Balaban J connectivity index is 2.19. The summed E-state index contributed by atoms with van der Waals surface area (Å²) in [4.78, 5) is 9.13. The van der Waals surface area contributed by atoms with Gasteiger partial charge >= 0.3 is 0 Å². The molecule has 0 saturated carbocycles. The molecule has 0 aliphatic carbocycles. The summed E-state index contributed by atoms with van der Waals surface area (Å²) < 4.78 is 14.1. The van der Waals surface area contributed by atoms with E-state index in [0.29, 0.717) is 10.7 Å². The van der Waals surface area contributed by atoms with Gasteiger partial charge in [-0.1, -0.05) is 17.7 Å². The van der Waals surface area contributed by atoms with Crippen LogP contribution in [0.4, 0.5) is 4.39 Å². The maximum atomic E-state index is 13.2. The highest BCUT2D eigenvalue weighted by molar-refractivity contribution is 7.22. The van der Waals surface area contributed by atoms with Crippen LogP contribution in [0.1, 0.15) is 5.56 Å². The summed E-state index contributed by atoms with van der Waals surface area (Å²) in [6, 6.07) is 7.00. The van der Waals surface area contributed by atoms with Crippen LogP contribution in [0, 0.1) is 12.7 Å². The van der Waals surface area contributed by atoms with Crippen molar-refractivity contribution in [3.8, 4) is 10.4 Å². The molecule has 1 aromatic carbocycles. The normalized spacial score (nSPS) is 11.1. The van der Waals surface area contributed by atoms with Gasteiger partial charge in [-0.25, -0.2) is 14.4 Å². The van der Waals surface area contributed by atoms with Crippen molar-refractivity contribution in [3.05, 3.63) is 47.1 Å². The van der Waals surface area contributed by atoms with E-state index in [0.717, 1.165) is 20.7 Å². The highest BCUT2D eigenvalue weighted by atomic mass is 35.5. The quantitative estimate of drug-likeness (QED) is 0.614. The Kier molecular flexibility index (Phi) is 2.76. The van der Waals surface area contributed by atoms with Crippen LogP contribution in [0.3, 0.4) is 0 Å². The van der Waals surface area contributed by atoms with Crippen LogP contribution >= 0.6 is 22.9 Å². The summed E-state index contributed by atoms with van der Waals surface area (Å²) in [6.07, 6.45) is 1.44. The molecule has 2 aromatic heterocycles. The number of aromatic nitrogens is 2. The summed E-state index contributed by atoms with van der Waals surface area (Å²) in [5, 5.41) is 0.454. The monoisotopic (exact) mass is 278 g/mol. The lowest BCUT2D eigenvalue weighted by atomic mass is 10.1. The van der Waals surface area contributed by atoms with E-state index < -0.39 is 0 Å². The molecule has 0 spiro atoms. The number of hydrogen-bond acceptors (Lipinski definition) is 3. The third kappa shape index (κ3) is 1.87. The standard InChI is InChI=1S/C13H8ClFN2S/c1-7-4-8(2-3-9(7)15)11-5-10-12(18-11)13(14)17-6-16-10/h2-6H,1H3. The van der Waals surface area contributed by atoms with Gasteiger partial charge < -0.3 is 0 Å². The van der Waals surface area contributed by atoms with Crippen LogP contribution in [0.5, 0.6) is 0 Å². The van der Waals surface area contributed by atoms with Crippen LogP contribution in [0.2, 0.25) is 5.15 Å². The van der Waals surface area contributed by atoms with E-state index in [2.05, 4.69) is 9.97 Å². The molecular weight excluding hydrogens is 271 g/mol. The van der Waals surface area contributed by atoms with Gasteiger partial charge in [-0.05, 0) is 36.2 Å². The van der Waals surface area contributed by atoms with Crippen molar-refractivity contribution in [1.29, 1.82) is 0 Å². The molecule has 90 valence electrons. The first-order valence-electron chi connectivity index (χ1n) is 5.32. The maximum absolute atomic E-state index is 13.2. The molecule has 3 rings (SSSR count). The molecule has 5 heteroatoms. The van der Waals surface area contributed by atoms with Gasteiger partial charge in [0.05, 0.1) is 10.2 Å². The predicted molar refractivity (Wildman–Crippen MR) is 72.6 cm³/mol. The molecule has 0 bridgehead atoms. The van der Waals surface area contributed by atoms with E-state index in [1.165, 1.54) is 23.7 Å². The minimum Gasteiger partial charge on any atom is -0.235 e. The van der Waals surface area contributed by atoms with Crippen LogP contribution < -0.4 is 0 Å². The minimum atomic E-state index is -0.197. The van der Waals surface area contributed by atoms with E-state index in [1.807, 2.05) is 12.1 Å². The molecule has 3 aromatic rings. The van der Waals surface area contributed by atoms with Crippen LogP contribution in [-0.2, 0) is 0 Å². The Morgan fingerprint density at radius 3 is 2.78 bits per heavy atom. The smallest absolute Gasteiger partial charge is 0.150 e. The SMILES string of the molecule is Cc1cc(-c2cc3ncnc(Cl)c3s2)ccc1F. The zero-order chi connectivity index (χ0) is 12.7.